The summed E-state index contributed by atoms with van der Waals surface area (Å²) < 4.78 is 35.7. The Morgan fingerprint density at radius 2 is 1.50 bits per heavy atom. The fourth-order valence-electron chi connectivity index (χ4n) is 0.0642. The highest BCUT2D eigenvalue weighted by Gasteiger charge is 2.00. The van der Waals surface area contributed by atoms with Gasteiger partial charge in [-0.15, -0.1) is 0 Å². The lowest BCUT2D eigenvalue weighted by molar-refractivity contribution is 0.302. The smallest absolute Gasteiger partial charge is 0.178 e. The second kappa shape index (κ2) is 3.25. The number of hydrogen-bond donors (Lipinski definition) is 1. The van der Waals surface area contributed by atoms with Crippen molar-refractivity contribution in [2.45, 2.75) is 4.77 Å². The maximum absolute atomic E-state index is 9.50. The molecule has 0 aromatic rings. The second-order valence-electron chi connectivity index (χ2n) is 0.828. The molecule has 50 valence electrons. The molecule has 0 rings (SSSR count). The molecule has 8 heavy (non-hydrogen) atoms. The molecule has 1 N–H and O–H groups in total. The number of aliphatic hydroxyl groups excluding tert-OH is 1. The average Bonchev–Trinajstić information content (AvgIpc) is 1.64. The lowest BCUT2D eigenvalue weighted by atomic mass is 11.7. The van der Waals surface area contributed by atoms with Crippen LogP contribution in [0.3, 0.4) is 0 Å². The predicted octanol–water partition coefficient (Wildman–Crippen LogP) is -1.98. The van der Waals surface area contributed by atoms with Gasteiger partial charge in [0, 0.05) is 0 Å². The van der Waals surface area contributed by atoms with Crippen molar-refractivity contribution in [3.05, 3.63) is 0 Å². The molecule has 0 aliphatic carbocycles. The Bertz CT molecular complexity index is 106. The number of rotatable bonds is 2. The first-order valence-corrected chi connectivity index (χ1v) is 3.67. The number of aliphatic hydroxyl groups is 1. The van der Waals surface area contributed by atoms with Crippen LogP contribution in [-0.2, 0) is 22.2 Å². The van der Waals surface area contributed by atoms with Crippen molar-refractivity contribution in [3.8, 4) is 0 Å². The number of hydrogen-bond acceptors (Lipinski definition) is 5. The molecule has 0 amide bonds. The predicted molar refractivity (Wildman–Crippen MR) is 23.8 cm³/mol. The van der Waals surface area contributed by atoms with Crippen LogP contribution in [0.25, 0.3) is 0 Å². The van der Waals surface area contributed by atoms with Crippen molar-refractivity contribution >= 4 is 22.2 Å². The van der Waals surface area contributed by atoms with E-state index in [0.29, 0.717) is 0 Å². The Morgan fingerprint density at radius 1 is 1.25 bits per heavy atom. The average molecular weight is 158 g/mol. The maximum atomic E-state index is 9.50. The molecule has 0 aliphatic rings. The minimum atomic E-state index is -2.95. The lowest BCUT2D eigenvalue weighted by Crippen LogP contribution is -2.19. The van der Waals surface area contributed by atoms with Crippen LogP contribution >= 0.6 is 0 Å². The summed E-state index contributed by atoms with van der Waals surface area (Å²) in [7, 11) is 0. The second-order valence-corrected chi connectivity index (χ2v) is 3.06. The molecule has 0 aromatic heterocycles. The van der Waals surface area contributed by atoms with Gasteiger partial charge in [0.05, 0.1) is 0 Å². The molecule has 2 atom stereocenters. The SMILES string of the molecule is O=S([O-])C(O)S(=O)[O-]. The molecule has 0 radical (unpaired) electrons. The Balaban J connectivity index is 3.83. The van der Waals surface area contributed by atoms with E-state index < -0.39 is 26.9 Å². The molecule has 0 bridgehead atoms. The van der Waals surface area contributed by atoms with Gasteiger partial charge in [0.2, 0.25) is 0 Å². The zero-order chi connectivity index (χ0) is 6.73. The normalized spacial score (nSPS) is 21.9. The van der Waals surface area contributed by atoms with Gasteiger partial charge in [0.25, 0.3) is 0 Å². The largest absolute Gasteiger partial charge is 0.770 e. The third-order valence-corrected chi connectivity index (χ3v) is 1.93. The molecular formula is CH2O5S2-2. The quantitative estimate of drug-likeness (QED) is 0.469. The van der Waals surface area contributed by atoms with E-state index in [-0.39, 0.29) is 0 Å². The standard InChI is InChI=1S/CH4O5S2/c2-1(7(3)4)8(5)6/h1-2H,(H,3,4)(H,5,6)/p-2. The minimum absolute atomic E-state index is 2.30. The van der Waals surface area contributed by atoms with E-state index in [1.807, 2.05) is 0 Å². The van der Waals surface area contributed by atoms with Crippen LogP contribution in [-0.4, -0.2) is 27.4 Å². The van der Waals surface area contributed by atoms with Crippen LogP contribution < -0.4 is 0 Å². The van der Waals surface area contributed by atoms with Gasteiger partial charge in [-0.1, -0.05) is 0 Å². The lowest BCUT2D eigenvalue weighted by Gasteiger charge is -2.14. The zero-order valence-corrected chi connectivity index (χ0v) is 5.11. The highest BCUT2D eigenvalue weighted by Crippen LogP contribution is 1.90. The molecule has 0 aromatic carbocycles. The summed E-state index contributed by atoms with van der Waals surface area (Å²) in [6.45, 7) is 0. The first-order chi connectivity index (χ1) is 3.55. The van der Waals surface area contributed by atoms with E-state index in [9.17, 15) is 17.5 Å². The van der Waals surface area contributed by atoms with E-state index in [1.165, 1.54) is 0 Å². The third kappa shape index (κ3) is 2.48. The van der Waals surface area contributed by atoms with E-state index in [1.54, 1.807) is 0 Å². The molecule has 0 saturated heterocycles. The Morgan fingerprint density at radius 3 is 1.50 bits per heavy atom. The summed E-state index contributed by atoms with van der Waals surface area (Å²) >= 11 is -5.90. The molecule has 2 unspecified atom stereocenters. The van der Waals surface area contributed by atoms with Gasteiger partial charge >= 0.3 is 0 Å². The highest BCUT2D eigenvalue weighted by molar-refractivity contribution is 7.97. The van der Waals surface area contributed by atoms with E-state index in [0.717, 1.165) is 0 Å². The van der Waals surface area contributed by atoms with Gasteiger partial charge in [-0.2, -0.15) is 0 Å². The summed E-state index contributed by atoms with van der Waals surface area (Å²) in [6.07, 6.45) is 0. The van der Waals surface area contributed by atoms with E-state index in [2.05, 4.69) is 0 Å². The van der Waals surface area contributed by atoms with Crippen molar-refractivity contribution < 1.29 is 22.6 Å². The van der Waals surface area contributed by atoms with Crippen LogP contribution in [0.5, 0.6) is 0 Å². The van der Waals surface area contributed by atoms with Gasteiger partial charge in [-0.25, -0.2) is 0 Å². The summed E-state index contributed by atoms with van der Waals surface area (Å²) in [4.78, 5) is 0. The minimum Gasteiger partial charge on any atom is -0.770 e. The van der Waals surface area contributed by atoms with Gasteiger partial charge in [-0.3, -0.25) is 8.42 Å². The fraction of sp³-hybridized carbons (Fsp3) is 1.00. The van der Waals surface area contributed by atoms with Crippen molar-refractivity contribution in [1.82, 2.24) is 0 Å². The molecule has 7 heteroatoms. The van der Waals surface area contributed by atoms with Crippen LogP contribution in [0.1, 0.15) is 0 Å². The summed E-state index contributed by atoms with van der Waals surface area (Å²) in [5.41, 5.74) is 0. The van der Waals surface area contributed by atoms with Crippen molar-refractivity contribution in [2.24, 2.45) is 0 Å². The topological polar surface area (TPSA) is 100 Å². The highest BCUT2D eigenvalue weighted by atomic mass is 32.3. The molecule has 0 fully saturated rings. The van der Waals surface area contributed by atoms with E-state index >= 15 is 0 Å². The van der Waals surface area contributed by atoms with Crippen LogP contribution in [0.15, 0.2) is 0 Å². The molecular weight excluding hydrogens is 156 g/mol. The summed E-state index contributed by atoms with van der Waals surface area (Å²) in [5.74, 6) is 0. The Kier molecular flexibility index (Phi) is 3.33. The maximum Gasteiger partial charge on any atom is 0.178 e. The van der Waals surface area contributed by atoms with Crippen LogP contribution in [0, 0.1) is 0 Å². The first kappa shape index (κ1) is 8.18. The first-order valence-electron chi connectivity index (χ1n) is 1.40. The third-order valence-electron chi connectivity index (χ3n) is 0.329. The van der Waals surface area contributed by atoms with Crippen molar-refractivity contribution in [2.75, 3.05) is 0 Å². The van der Waals surface area contributed by atoms with Gasteiger partial charge < -0.3 is 14.2 Å². The Labute approximate surface area is 50.3 Å². The monoisotopic (exact) mass is 158 g/mol. The van der Waals surface area contributed by atoms with Gasteiger partial charge in [0.15, 0.2) is 4.77 Å². The zero-order valence-electron chi connectivity index (χ0n) is 3.47. The van der Waals surface area contributed by atoms with Crippen LogP contribution in [0.2, 0.25) is 0 Å². The van der Waals surface area contributed by atoms with E-state index in [4.69, 9.17) is 5.11 Å². The summed E-state index contributed by atoms with van der Waals surface area (Å²) in [5, 5.41) is 7.98. The van der Waals surface area contributed by atoms with Crippen molar-refractivity contribution in [3.63, 3.8) is 0 Å². The summed E-state index contributed by atoms with van der Waals surface area (Å²) in [6, 6.07) is 0. The van der Waals surface area contributed by atoms with Gasteiger partial charge in [0.1, 0.15) is 0 Å². The molecule has 0 heterocycles. The molecule has 0 aliphatic heterocycles. The van der Waals surface area contributed by atoms with Gasteiger partial charge in [-0.05, 0) is 22.2 Å². The molecule has 5 nitrogen and oxygen atoms in total. The fourth-order valence-corrected chi connectivity index (χ4v) is 0.577. The van der Waals surface area contributed by atoms with Crippen LogP contribution in [0.4, 0.5) is 0 Å². The molecule has 0 spiro atoms. The Hall–Kier alpha value is 0.180. The van der Waals surface area contributed by atoms with Crippen molar-refractivity contribution in [1.29, 1.82) is 0 Å². The molecule has 0 saturated carbocycles.